The van der Waals surface area contributed by atoms with Gasteiger partial charge in [0.1, 0.15) is 6.10 Å². The van der Waals surface area contributed by atoms with E-state index in [1.165, 1.54) is 32.1 Å². The van der Waals surface area contributed by atoms with Crippen LogP contribution < -0.4 is 0 Å². The molecule has 0 radical (unpaired) electrons. The monoisotopic (exact) mass is 216 g/mol. The molecular formula is C11H17ClO2. The van der Waals surface area contributed by atoms with Gasteiger partial charge in [-0.2, -0.15) is 0 Å². The molecule has 0 atom stereocenters. The van der Waals surface area contributed by atoms with Gasteiger partial charge in [-0.3, -0.25) is 4.79 Å². The van der Waals surface area contributed by atoms with E-state index in [0.29, 0.717) is 18.3 Å². The molecule has 0 aromatic rings. The lowest BCUT2D eigenvalue weighted by Gasteiger charge is -2.53. The van der Waals surface area contributed by atoms with Crippen LogP contribution in [0.1, 0.15) is 32.1 Å². The van der Waals surface area contributed by atoms with Gasteiger partial charge in [0.2, 0.25) is 0 Å². The van der Waals surface area contributed by atoms with Crippen LogP contribution in [0.5, 0.6) is 0 Å². The lowest BCUT2D eigenvalue weighted by Crippen LogP contribution is -2.49. The molecule has 4 aliphatic rings. The zero-order valence-corrected chi connectivity index (χ0v) is 9.04. The molecule has 0 aromatic heterocycles. The summed E-state index contributed by atoms with van der Waals surface area (Å²) >= 11 is 0. The third-order valence-electron chi connectivity index (χ3n) is 4.35. The Morgan fingerprint density at radius 3 is 1.86 bits per heavy atom. The molecular weight excluding hydrogens is 200 g/mol. The lowest BCUT2D eigenvalue weighted by atomic mass is 9.55. The fraction of sp³-hybridized carbons (Fsp3) is 0.909. The molecule has 4 aliphatic carbocycles. The molecule has 4 rings (SSSR count). The van der Waals surface area contributed by atoms with E-state index < -0.39 is 0 Å². The summed E-state index contributed by atoms with van der Waals surface area (Å²) in [4.78, 5) is 10.4. The van der Waals surface area contributed by atoms with E-state index >= 15 is 0 Å². The number of carbonyl (C=O) groups excluding carboxylic acids is 1. The van der Waals surface area contributed by atoms with Crippen molar-refractivity contribution in [3.63, 3.8) is 0 Å². The van der Waals surface area contributed by atoms with E-state index in [4.69, 9.17) is 4.74 Å². The molecule has 4 fully saturated rings. The van der Waals surface area contributed by atoms with Crippen molar-refractivity contribution >= 4 is 18.9 Å². The van der Waals surface area contributed by atoms with E-state index in [2.05, 4.69) is 0 Å². The molecule has 0 N–H and O–H groups in total. The highest BCUT2D eigenvalue weighted by molar-refractivity contribution is 5.85. The molecule has 0 saturated heterocycles. The number of hydrogen-bond donors (Lipinski definition) is 0. The summed E-state index contributed by atoms with van der Waals surface area (Å²) in [6, 6.07) is 0. The van der Waals surface area contributed by atoms with Crippen molar-refractivity contribution in [3.8, 4) is 0 Å². The quantitative estimate of drug-likeness (QED) is 0.663. The van der Waals surface area contributed by atoms with Gasteiger partial charge in [0.05, 0.1) is 0 Å². The predicted molar refractivity (Wildman–Crippen MR) is 55.2 cm³/mol. The summed E-state index contributed by atoms with van der Waals surface area (Å²) in [5.74, 6) is 3.35. The van der Waals surface area contributed by atoms with Crippen LogP contribution in [0.25, 0.3) is 0 Å². The van der Waals surface area contributed by atoms with Crippen molar-refractivity contribution in [2.75, 3.05) is 0 Å². The van der Waals surface area contributed by atoms with Crippen LogP contribution in [-0.2, 0) is 9.53 Å². The van der Waals surface area contributed by atoms with Gasteiger partial charge in [-0.15, -0.1) is 12.4 Å². The Kier molecular flexibility index (Phi) is 2.74. The first kappa shape index (κ1) is 10.3. The Balaban J connectivity index is 0.000000750. The van der Waals surface area contributed by atoms with Crippen LogP contribution in [0.15, 0.2) is 0 Å². The second-order valence-electron chi connectivity index (χ2n) is 5.13. The molecule has 4 bridgehead atoms. The van der Waals surface area contributed by atoms with E-state index in [0.717, 1.165) is 11.8 Å². The van der Waals surface area contributed by atoms with Gasteiger partial charge in [0.25, 0.3) is 6.47 Å². The summed E-state index contributed by atoms with van der Waals surface area (Å²) in [6.07, 6.45) is 7.04. The van der Waals surface area contributed by atoms with Crippen LogP contribution in [0, 0.1) is 23.7 Å². The fourth-order valence-electron chi connectivity index (χ4n) is 4.16. The van der Waals surface area contributed by atoms with Crippen molar-refractivity contribution in [3.05, 3.63) is 0 Å². The first-order valence-corrected chi connectivity index (χ1v) is 5.46. The summed E-state index contributed by atoms with van der Waals surface area (Å²) in [5.41, 5.74) is 0. The number of carbonyl (C=O) groups is 1. The fourth-order valence-corrected chi connectivity index (χ4v) is 4.16. The molecule has 0 spiro atoms. The van der Waals surface area contributed by atoms with Crippen LogP contribution in [0.3, 0.4) is 0 Å². The highest BCUT2D eigenvalue weighted by atomic mass is 35.5. The molecule has 14 heavy (non-hydrogen) atoms. The molecule has 0 unspecified atom stereocenters. The van der Waals surface area contributed by atoms with Gasteiger partial charge in [0.15, 0.2) is 0 Å². The van der Waals surface area contributed by atoms with E-state index in [1.807, 2.05) is 0 Å². The van der Waals surface area contributed by atoms with Crippen LogP contribution >= 0.6 is 12.4 Å². The van der Waals surface area contributed by atoms with Crippen LogP contribution in [-0.4, -0.2) is 12.6 Å². The van der Waals surface area contributed by atoms with E-state index in [-0.39, 0.29) is 18.5 Å². The minimum absolute atomic E-state index is 0. The maximum Gasteiger partial charge on any atom is 0.293 e. The maximum atomic E-state index is 10.4. The van der Waals surface area contributed by atoms with Crippen molar-refractivity contribution in [1.82, 2.24) is 0 Å². The lowest BCUT2D eigenvalue weighted by molar-refractivity contribution is -0.155. The standard InChI is InChI=1S/C11H16O2.ClH/c12-6-13-11-9-2-7-1-8(4-9)5-10(11)3-7;/h6-11H,1-5H2;1H. The number of hydrogen-bond acceptors (Lipinski definition) is 2. The first-order chi connectivity index (χ1) is 6.36. The summed E-state index contributed by atoms with van der Waals surface area (Å²) in [6.45, 7) is 0.660. The molecule has 4 saturated carbocycles. The Hall–Kier alpha value is -0.240. The second kappa shape index (κ2) is 3.73. The summed E-state index contributed by atoms with van der Waals surface area (Å²) < 4.78 is 5.24. The summed E-state index contributed by atoms with van der Waals surface area (Å²) in [7, 11) is 0. The van der Waals surface area contributed by atoms with Crippen LogP contribution in [0.2, 0.25) is 0 Å². The Morgan fingerprint density at radius 2 is 1.43 bits per heavy atom. The van der Waals surface area contributed by atoms with Crippen molar-refractivity contribution in [2.24, 2.45) is 23.7 Å². The largest absolute Gasteiger partial charge is 0.464 e. The third kappa shape index (κ3) is 1.44. The molecule has 0 aromatic carbocycles. The average molecular weight is 217 g/mol. The van der Waals surface area contributed by atoms with E-state index in [1.54, 1.807) is 0 Å². The Morgan fingerprint density at radius 1 is 0.929 bits per heavy atom. The minimum Gasteiger partial charge on any atom is -0.464 e. The zero-order valence-electron chi connectivity index (χ0n) is 8.22. The molecule has 0 aliphatic heterocycles. The highest BCUT2D eigenvalue weighted by Crippen LogP contribution is 2.54. The Bertz CT molecular complexity index is 201. The third-order valence-corrected chi connectivity index (χ3v) is 4.35. The predicted octanol–water partition coefficient (Wildman–Crippen LogP) is 2.41. The molecule has 0 heterocycles. The number of ether oxygens (including phenoxy) is 1. The molecule has 3 heteroatoms. The van der Waals surface area contributed by atoms with Gasteiger partial charge in [-0.25, -0.2) is 0 Å². The minimum atomic E-state index is 0. The molecule has 80 valence electrons. The van der Waals surface area contributed by atoms with Gasteiger partial charge in [-0.05, 0) is 55.8 Å². The first-order valence-electron chi connectivity index (χ1n) is 5.46. The Labute approximate surface area is 90.8 Å². The second-order valence-corrected chi connectivity index (χ2v) is 5.13. The van der Waals surface area contributed by atoms with E-state index in [9.17, 15) is 4.79 Å². The molecule has 0 amide bonds. The average Bonchev–Trinajstić information content (AvgIpc) is 2.10. The summed E-state index contributed by atoms with van der Waals surface area (Å²) in [5, 5.41) is 0. The van der Waals surface area contributed by atoms with Crippen LogP contribution in [0.4, 0.5) is 0 Å². The van der Waals surface area contributed by atoms with Gasteiger partial charge >= 0.3 is 0 Å². The highest BCUT2D eigenvalue weighted by Gasteiger charge is 2.49. The van der Waals surface area contributed by atoms with Gasteiger partial charge in [-0.1, -0.05) is 0 Å². The van der Waals surface area contributed by atoms with Gasteiger partial charge < -0.3 is 4.74 Å². The molecule has 2 nitrogen and oxygen atoms in total. The van der Waals surface area contributed by atoms with Gasteiger partial charge in [0, 0.05) is 0 Å². The number of rotatable bonds is 2. The topological polar surface area (TPSA) is 26.3 Å². The SMILES string of the molecule is Cl.O=COC1C2CC3CC(C2)CC1C3. The normalized spacial score (nSPS) is 48.4. The smallest absolute Gasteiger partial charge is 0.293 e. The van der Waals surface area contributed by atoms with Crippen molar-refractivity contribution in [1.29, 1.82) is 0 Å². The number of halogens is 1. The van der Waals surface area contributed by atoms with Crippen molar-refractivity contribution in [2.45, 2.75) is 38.2 Å². The zero-order chi connectivity index (χ0) is 8.84. The maximum absolute atomic E-state index is 10.4. The van der Waals surface area contributed by atoms with Crippen molar-refractivity contribution < 1.29 is 9.53 Å².